The lowest BCUT2D eigenvalue weighted by Crippen LogP contribution is -2.34. The van der Waals surface area contributed by atoms with Crippen molar-refractivity contribution in [2.24, 2.45) is 5.41 Å². The van der Waals surface area contributed by atoms with Crippen molar-refractivity contribution in [3.05, 3.63) is 61.9 Å². The van der Waals surface area contributed by atoms with Gasteiger partial charge in [0.2, 0.25) is 0 Å². The second kappa shape index (κ2) is 6.55. The van der Waals surface area contributed by atoms with Crippen LogP contribution in [0, 0.1) is 5.41 Å². The zero-order valence-corrected chi connectivity index (χ0v) is 16.8. The van der Waals surface area contributed by atoms with E-state index >= 15 is 0 Å². The number of ether oxygens (including phenoxy) is 2. The van der Waals surface area contributed by atoms with Crippen LogP contribution in [0.5, 0.6) is 11.5 Å². The standard InChI is InChI=1S/C22H21N3O5/c1-22(2)8-13-14(15(26)9-22)10-23-19-18(13)20(27)24-21(28)25(19)11-12-3-4-16-17(7-12)30-6-5-29-16/h3-4,7,10H,5-6,8-9,11H2,1-2H3,(H,24,27,28). The molecule has 1 aliphatic heterocycles. The number of H-pyrrole nitrogens is 1. The number of aromatic amines is 1. The normalized spacial score (nSPS) is 17.1. The summed E-state index contributed by atoms with van der Waals surface area (Å²) >= 11 is 0. The highest BCUT2D eigenvalue weighted by atomic mass is 16.6. The third kappa shape index (κ3) is 2.99. The number of rotatable bonds is 2. The van der Waals surface area contributed by atoms with E-state index in [0.717, 1.165) is 5.56 Å². The van der Waals surface area contributed by atoms with Crippen LogP contribution in [0.25, 0.3) is 11.0 Å². The lowest BCUT2D eigenvalue weighted by Gasteiger charge is -2.30. The molecule has 0 amide bonds. The fourth-order valence-electron chi connectivity index (χ4n) is 4.31. The number of nitrogens with one attached hydrogen (secondary N) is 1. The summed E-state index contributed by atoms with van der Waals surface area (Å²) in [5.41, 5.74) is 0.907. The summed E-state index contributed by atoms with van der Waals surface area (Å²) in [4.78, 5) is 44.7. The van der Waals surface area contributed by atoms with Gasteiger partial charge in [-0.1, -0.05) is 19.9 Å². The average molecular weight is 407 g/mol. The van der Waals surface area contributed by atoms with Crippen molar-refractivity contribution in [2.45, 2.75) is 33.2 Å². The van der Waals surface area contributed by atoms with E-state index in [0.29, 0.717) is 54.1 Å². The van der Waals surface area contributed by atoms with E-state index in [-0.39, 0.29) is 23.4 Å². The van der Waals surface area contributed by atoms with Crippen molar-refractivity contribution < 1.29 is 14.3 Å². The minimum Gasteiger partial charge on any atom is -0.486 e. The first kappa shape index (κ1) is 18.6. The highest BCUT2D eigenvalue weighted by Crippen LogP contribution is 2.36. The van der Waals surface area contributed by atoms with Gasteiger partial charge in [0, 0.05) is 18.2 Å². The molecule has 30 heavy (non-hydrogen) atoms. The van der Waals surface area contributed by atoms with E-state index in [2.05, 4.69) is 9.97 Å². The minimum atomic E-state index is -0.545. The monoisotopic (exact) mass is 407 g/mol. The highest BCUT2D eigenvalue weighted by molar-refractivity contribution is 6.02. The summed E-state index contributed by atoms with van der Waals surface area (Å²) in [5, 5.41) is 0.311. The van der Waals surface area contributed by atoms with Crippen LogP contribution in [0.2, 0.25) is 0 Å². The Hall–Kier alpha value is -3.42. The first-order valence-corrected chi connectivity index (χ1v) is 9.89. The molecule has 1 aliphatic carbocycles. The van der Waals surface area contributed by atoms with Gasteiger partial charge in [0.05, 0.1) is 11.9 Å². The van der Waals surface area contributed by atoms with Crippen LogP contribution < -0.4 is 20.7 Å². The quantitative estimate of drug-likeness (QED) is 0.698. The molecule has 0 unspecified atom stereocenters. The van der Waals surface area contributed by atoms with Crippen molar-refractivity contribution in [2.75, 3.05) is 13.2 Å². The van der Waals surface area contributed by atoms with Crippen molar-refractivity contribution >= 4 is 16.8 Å². The van der Waals surface area contributed by atoms with Gasteiger partial charge in [-0.05, 0) is 35.1 Å². The van der Waals surface area contributed by atoms with E-state index in [1.54, 1.807) is 6.07 Å². The summed E-state index contributed by atoms with van der Waals surface area (Å²) in [5.74, 6) is 1.26. The number of fused-ring (bicyclic) bond motifs is 4. The Bertz CT molecular complexity index is 1320. The zero-order chi connectivity index (χ0) is 21.0. The number of hydrogen-bond acceptors (Lipinski definition) is 6. The molecule has 8 nitrogen and oxygen atoms in total. The third-order valence-electron chi connectivity index (χ3n) is 5.66. The van der Waals surface area contributed by atoms with E-state index in [9.17, 15) is 14.4 Å². The molecular weight excluding hydrogens is 386 g/mol. The number of nitrogens with zero attached hydrogens (tertiary/aromatic N) is 2. The molecule has 0 radical (unpaired) electrons. The van der Waals surface area contributed by atoms with Crippen molar-refractivity contribution in [1.82, 2.24) is 14.5 Å². The topological polar surface area (TPSA) is 103 Å². The molecular formula is C22H21N3O5. The van der Waals surface area contributed by atoms with E-state index in [1.165, 1.54) is 10.8 Å². The molecule has 0 saturated carbocycles. The summed E-state index contributed by atoms with van der Waals surface area (Å²) in [7, 11) is 0. The molecule has 0 saturated heterocycles. The van der Waals surface area contributed by atoms with Gasteiger partial charge in [0.1, 0.15) is 18.9 Å². The predicted octanol–water partition coefficient (Wildman–Crippen LogP) is 2.06. The molecule has 2 aliphatic rings. The van der Waals surface area contributed by atoms with Crippen LogP contribution >= 0.6 is 0 Å². The van der Waals surface area contributed by atoms with Gasteiger partial charge in [0.25, 0.3) is 5.56 Å². The molecule has 1 aromatic carbocycles. The molecule has 2 aromatic heterocycles. The number of benzene rings is 1. The number of aromatic nitrogens is 3. The maximum atomic E-state index is 12.7. The molecule has 0 bridgehead atoms. The first-order valence-electron chi connectivity index (χ1n) is 9.89. The SMILES string of the molecule is CC1(C)CC(=O)c2cnc3c(c2C1)c(=O)[nH]c(=O)n3Cc1ccc2c(c1)OCCO2. The second-order valence-corrected chi connectivity index (χ2v) is 8.61. The summed E-state index contributed by atoms with van der Waals surface area (Å²) in [6, 6.07) is 5.48. The van der Waals surface area contributed by atoms with Gasteiger partial charge >= 0.3 is 5.69 Å². The fraction of sp³-hybridized carbons (Fsp3) is 0.364. The van der Waals surface area contributed by atoms with Crippen molar-refractivity contribution in [1.29, 1.82) is 0 Å². The van der Waals surface area contributed by atoms with Crippen LogP contribution in [0.1, 0.15) is 41.8 Å². The maximum Gasteiger partial charge on any atom is 0.330 e. The van der Waals surface area contributed by atoms with Gasteiger partial charge in [-0.25, -0.2) is 9.78 Å². The molecule has 154 valence electrons. The highest BCUT2D eigenvalue weighted by Gasteiger charge is 2.33. The number of hydrogen-bond donors (Lipinski definition) is 1. The van der Waals surface area contributed by atoms with Crippen molar-refractivity contribution in [3.63, 3.8) is 0 Å². The van der Waals surface area contributed by atoms with Crippen LogP contribution in [0.4, 0.5) is 0 Å². The number of pyridine rings is 1. The lowest BCUT2D eigenvalue weighted by molar-refractivity contribution is 0.0912. The number of carbonyl (C=O) groups is 1. The Morgan fingerprint density at radius 1 is 1.10 bits per heavy atom. The van der Waals surface area contributed by atoms with Crippen LogP contribution in [-0.4, -0.2) is 33.5 Å². The summed E-state index contributed by atoms with van der Waals surface area (Å²) in [6.45, 7) is 5.17. The number of carbonyl (C=O) groups excluding carboxylic acids is 1. The number of ketones is 1. The molecule has 0 spiro atoms. The van der Waals surface area contributed by atoms with Crippen LogP contribution in [0.3, 0.4) is 0 Å². The first-order chi connectivity index (χ1) is 14.3. The zero-order valence-electron chi connectivity index (χ0n) is 16.8. The van der Waals surface area contributed by atoms with E-state index in [4.69, 9.17) is 9.47 Å². The fourth-order valence-corrected chi connectivity index (χ4v) is 4.31. The Balaban J connectivity index is 1.68. The van der Waals surface area contributed by atoms with Crippen LogP contribution in [0.15, 0.2) is 34.0 Å². The molecule has 1 N–H and O–H groups in total. The Kier molecular flexibility index (Phi) is 4.06. The molecule has 3 aromatic rings. The van der Waals surface area contributed by atoms with Gasteiger partial charge in [-0.2, -0.15) is 0 Å². The van der Waals surface area contributed by atoms with Crippen LogP contribution in [-0.2, 0) is 13.0 Å². The number of Topliss-reactive ketones (excluding diaryl/α,β-unsaturated/α-hetero) is 1. The molecule has 5 rings (SSSR count). The smallest absolute Gasteiger partial charge is 0.330 e. The maximum absolute atomic E-state index is 12.7. The van der Waals surface area contributed by atoms with E-state index < -0.39 is 11.2 Å². The van der Waals surface area contributed by atoms with Gasteiger partial charge in [0.15, 0.2) is 17.3 Å². The Morgan fingerprint density at radius 3 is 2.67 bits per heavy atom. The molecule has 0 atom stereocenters. The molecule has 8 heteroatoms. The third-order valence-corrected chi connectivity index (χ3v) is 5.66. The molecule has 3 heterocycles. The predicted molar refractivity (Wildman–Crippen MR) is 110 cm³/mol. The van der Waals surface area contributed by atoms with Crippen molar-refractivity contribution in [3.8, 4) is 11.5 Å². The Labute approximate surface area is 171 Å². The lowest BCUT2D eigenvalue weighted by atomic mass is 9.73. The summed E-state index contributed by atoms with van der Waals surface area (Å²) < 4.78 is 12.6. The largest absolute Gasteiger partial charge is 0.486 e. The van der Waals surface area contributed by atoms with Gasteiger partial charge in [-0.15, -0.1) is 0 Å². The van der Waals surface area contributed by atoms with Gasteiger partial charge < -0.3 is 9.47 Å². The second-order valence-electron chi connectivity index (χ2n) is 8.61. The Morgan fingerprint density at radius 2 is 1.87 bits per heavy atom. The van der Waals surface area contributed by atoms with E-state index in [1.807, 2.05) is 26.0 Å². The van der Waals surface area contributed by atoms with Gasteiger partial charge in [-0.3, -0.25) is 19.1 Å². The molecule has 0 fully saturated rings. The minimum absolute atomic E-state index is 0.0281. The average Bonchev–Trinajstić information content (AvgIpc) is 2.69. The summed E-state index contributed by atoms with van der Waals surface area (Å²) in [6.07, 6.45) is 2.47.